The van der Waals surface area contributed by atoms with Crippen LogP contribution in [0, 0.1) is 0 Å². The fraction of sp³-hybridized carbons (Fsp3) is 0.571. The Hall–Kier alpha value is -0.350. The molecule has 2 heterocycles. The Morgan fingerprint density at radius 2 is 2.45 bits per heavy atom. The Labute approximate surface area is 73.5 Å². The average Bonchev–Trinajstić information content (AvgIpc) is 2.54. The van der Waals surface area contributed by atoms with Crippen molar-refractivity contribution in [2.24, 2.45) is 0 Å². The molecule has 11 heavy (non-hydrogen) atoms. The Morgan fingerprint density at radius 1 is 1.64 bits per heavy atom. The SMILES string of the molecule is CCn1nc(Br)c2c1COC2. The molecule has 1 aromatic heterocycles. The maximum absolute atomic E-state index is 5.29. The number of hydrogen-bond acceptors (Lipinski definition) is 2. The van der Waals surface area contributed by atoms with Crippen LogP contribution in [0.3, 0.4) is 0 Å². The van der Waals surface area contributed by atoms with Crippen LogP contribution in [-0.2, 0) is 24.5 Å². The second-order valence-corrected chi connectivity index (χ2v) is 3.28. The Bertz CT molecular complexity index is 282. The van der Waals surface area contributed by atoms with Crippen molar-refractivity contribution < 1.29 is 4.74 Å². The molecule has 4 heteroatoms. The molecule has 3 nitrogen and oxygen atoms in total. The lowest BCUT2D eigenvalue weighted by molar-refractivity contribution is 0.129. The molecule has 0 fully saturated rings. The van der Waals surface area contributed by atoms with E-state index in [1.165, 1.54) is 11.3 Å². The molecule has 2 rings (SSSR count). The lowest BCUT2D eigenvalue weighted by Gasteiger charge is -1.98. The number of ether oxygens (including phenoxy) is 1. The highest BCUT2D eigenvalue weighted by molar-refractivity contribution is 9.10. The monoisotopic (exact) mass is 216 g/mol. The molecule has 0 N–H and O–H groups in total. The van der Waals surface area contributed by atoms with Crippen LogP contribution in [0.2, 0.25) is 0 Å². The first-order chi connectivity index (χ1) is 5.33. The van der Waals surface area contributed by atoms with Gasteiger partial charge in [0.25, 0.3) is 0 Å². The maximum Gasteiger partial charge on any atom is 0.134 e. The van der Waals surface area contributed by atoms with Gasteiger partial charge in [-0.15, -0.1) is 0 Å². The van der Waals surface area contributed by atoms with Crippen molar-refractivity contribution in [3.63, 3.8) is 0 Å². The van der Waals surface area contributed by atoms with Crippen LogP contribution >= 0.6 is 15.9 Å². The van der Waals surface area contributed by atoms with Crippen LogP contribution in [0.5, 0.6) is 0 Å². The normalized spacial score (nSPS) is 15.5. The molecule has 0 saturated heterocycles. The molecule has 60 valence electrons. The van der Waals surface area contributed by atoms with Gasteiger partial charge < -0.3 is 4.74 Å². The van der Waals surface area contributed by atoms with Crippen LogP contribution in [-0.4, -0.2) is 9.78 Å². The topological polar surface area (TPSA) is 27.1 Å². The quantitative estimate of drug-likeness (QED) is 0.715. The first-order valence-corrected chi connectivity index (χ1v) is 4.44. The third kappa shape index (κ3) is 1.01. The van der Waals surface area contributed by atoms with Crippen LogP contribution < -0.4 is 0 Å². The number of aromatic nitrogens is 2. The summed E-state index contributed by atoms with van der Waals surface area (Å²) >= 11 is 3.40. The highest BCUT2D eigenvalue weighted by Gasteiger charge is 2.20. The van der Waals surface area contributed by atoms with Gasteiger partial charge in [0, 0.05) is 12.1 Å². The van der Waals surface area contributed by atoms with Gasteiger partial charge in [0.1, 0.15) is 4.60 Å². The molecule has 0 aromatic carbocycles. The van der Waals surface area contributed by atoms with Crippen molar-refractivity contribution in [3.8, 4) is 0 Å². The lowest BCUT2D eigenvalue weighted by Crippen LogP contribution is -2.01. The Balaban J connectivity index is 2.52. The molecular weight excluding hydrogens is 208 g/mol. The van der Waals surface area contributed by atoms with Crippen molar-refractivity contribution in [2.75, 3.05) is 0 Å². The van der Waals surface area contributed by atoms with Gasteiger partial charge in [0.15, 0.2) is 0 Å². The highest BCUT2D eigenvalue weighted by atomic mass is 79.9. The average molecular weight is 217 g/mol. The summed E-state index contributed by atoms with van der Waals surface area (Å²) in [7, 11) is 0. The number of fused-ring (bicyclic) bond motifs is 1. The molecule has 0 aliphatic carbocycles. The van der Waals surface area contributed by atoms with E-state index in [0.717, 1.165) is 11.1 Å². The summed E-state index contributed by atoms with van der Waals surface area (Å²) in [6.07, 6.45) is 0. The molecule has 0 radical (unpaired) electrons. The van der Waals surface area contributed by atoms with E-state index < -0.39 is 0 Å². The number of halogens is 1. The van der Waals surface area contributed by atoms with Gasteiger partial charge in [-0.2, -0.15) is 5.10 Å². The van der Waals surface area contributed by atoms with E-state index >= 15 is 0 Å². The highest BCUT2D eigenvalue weighted by Crippen LogP contribution is 2.26. The number of aryl methyl sites for hydroxylation is 1. The third-order valence-electron chi connectivity index (χ3n) is 1.90. The van der Waals surface area contributed by atoms with E-state index in [0.29, 0.717) is 13.2 Å². The molecule has 0 atom stereocenters. The fourth-order valence-electron chi connectivity index (χ4n) is 1.32. The number of nitrogens with zero attached hydrogens (tertiary/aromatic N) is 2. The van der Waals surface area contributed by atoms with Gasteiger partial charge in [-0.3, -0.25) is 4.68 Å². The van der Waals surface area contributed by atoms with E-state index in [1.54, 1.807) is 0 Å². The number of hydrogen-bond donors (Lipinski definition) is 0. The zero-order valence-corrected chi connectivity index (χ0v) is 7.89. The molecule has 1 aliphatic heterocycles. The number of rotatable bonds is 1. The second-order valence-electron chi connectivity index (χ2n) is 2.52. The van der Waals surface area contributed by atoms with Crippen molar-refractivity contribution in [3.05, 3.63) is 15.9 Å². The smallest absolute Gasteiger partial charge is 0.134 e. The van der Waals surface area contributed by atoms with Gasteiger partial charge in [-0.1, -0.05) is 0 Å². The Kier molecular flexibility index (Phi) is 1.73. The standard InChI is InChI=1S/C7H9BrN2O/c1-2-10-6-4-11-3-5(6)7(8)9-10/h2-4H2,1H3. The molecule has 0 spiro atoms. The summed E-state index contributed by atoms with van der Waals surface area (Å²) in [5.41, 5.74) is 2.44. The molecule has 1 aliphatic rings. The molecule has 1 aromatic rings. The van der Waals surface area contributed by atoms with Crippen LogP contribution in [0.1, 0.15) is 18.2 Å². The van der Waals surface area contributed by atoms with Crippen molar-refractivity contribution in [2.45, 2.75) is 26.7 Å². The van der Waals surface area contributed by atoms with Gasteiger partial charge in [0.2, 0.25) is 0 Å². The second kappa shape index (κ2) is 2.60. The summed E-state index contributed by atoms with van der Waals surface area (Å²) in [6.45, 7) is 4.41. The Morgan fingerprint density at radius 3 is 3.18 bits per heavy atom. The van der Waals surface area contributed by atoms with Crippen molar-refractivity contribution >= 4 is 15.9 Å². The van der Waals surface area contributed by atoms with Crippen LogP contribution in [0.4, 0.5) is 0 Å². The molecule has 0 unspecified atom stereocenters. The molecule has 0 bridgehead atoms. The summed E-state index contributed by atoms with van der Waals surface area (Å²) in [5, 5.41) is 4.30. The molecule has 0 saturated carbocycles. The predicted octanol–water partition coefficient (Wildman–Crippen LogP) is 1.70. The van der Waals surface area contributed by atoms with Gasteiger partial charge >= 0.3 is 0 Å². The first-order valence-electron chi connectivity index (χ1n) is 3.64. The molecule has 0 amide bonds. The van der Waals surface area contributed by atoms with E-state index in [9.17, 15) is 0 Å². The van der Waals surface area contributed by atoms with E-state index in [1.807, 2.05) is 4.68 Å². The predicted molar refractivity (Wildman–Crippen MR) is 44.1 cm³/mol. The maximum atomic E-state index is 5.29. The van der Waals surface area contributed by atoms with Crippen molar-refractivity contribution in [1.29, 1.82) is 0 Å². The zero-order chi connectivity index (χ0) is 7.84. The lowest BCUT2D eigenvalue weighted by atomic mass is 10.3. The van der Waals surface area contributed by atoms with Crippen LogP contribution in [0.25, 0.3) is 0 Å². The van der Waals surface area contributed by atoms with Gasteiger partial charge in [-0.05, 0) is 22.9 Å². The first kappa shape index (κ1) is 7.31. The minimum atomic E-state index is 0.704. The summed E-state index contributed by atoms with van der Waals surface area (Å²) < 4.78 is 8.20. The largest absolute Gasteiger partial charge is 0.370 e. The molecular formula is C7H9BrN2O. The zero-order valence-electron chi connectivity index (χ0n) is 6.30. The summed E-state index contributed by atoms with van der Waals surface area (Å²) in [4.78, 5) is 0. The minimum Gasteiger partial charge on any atom is -0.370 e. The van der Waals surface area contributed by atoms with Gasteiger partial charge in [0.05, 0.1) is 18.9 Å². The summed E-state index contributed by atoms with van der Waals surface area (Å²) in [6, 6.07) is 0. The van der Waals surface area contributed by atoms with Crippen LogP contribution in [0.15, 0.2) is 4.60 Å². The summed E-state index contributed by atoms with van der Waals surface area (Å²) in [5.74, 6) is 0. The third-order valence-corrected chi connectivity index (χ3v) is 2.54. The van der Waals surface area contributed by atoms with Crippen molar-refractivity contribution in [1.82, 2.24) is 9.78 Å². The van der Waals surface area contributed by atoms with E-state index in [4.69, 9.17) is 4.74 Å². The fourth-order valence-corrected chi connectivity index (χ4v) is 1.85. The van der Waals surface area contributed by atoms with E-state index in [-0.39, 0.29) is 0 Å². The minimum absolute atomic E-state index is 0.704. The van der Waals surface area contributed by atoms with Gasteiger partial charge in [-0.25, -0.2) is 0 Å². The van der Waals surface area contributed by atoms with E-state index in [2.05, 4.69) is 28.0 Å².